The number of aromatic nitrogens is 4. The van der Waals surface area contributed by atoms with Gasteiger partial charge in [0.2, 0.25) is 0 Å². The number of carbonyl (C=O) groups excluding carboxylic acids is 1. The first-order valence-corrected chi connectivity index (χ1v) is 15.1. The van der Waals surface area contributed by atoms with Crippen LogP contribution in [0, 0.1) is 13.8 Å². The summed E-state index contributed by atoms with van der Waals surface area (Å²) in [5.41, 5.74) is 3.29. The van der Waals surface area contributed by atoms with Gasteiger partial charge in [0, 0.05) is 28.7 Å². The SMILES string of the molecule is COc1ccc(Cn2nc(NC3CCCCC3)c3c(Oc4ccc(C(=O)Nc5nc(C)c(C)s5)cc4)ccnc32)cc1. The Bertz CT molecular complexity index is 1670. The van der Waals surface area contributed by atoms with Crippen LogP contribution in [-0.2, 0) is 6.54 Å². The van der Waals surface area contributed by atoms with Gasteiger partial charge in [0.25, 0.3) is 5.91 Å². The van der Waals surface area contributed by atoms with Crippen molar-refractivity contribution in [3.05, 3.63) is 82.5 Å². The average molecular weight is 583 g/mol. The number of fused-ring (bicyclic) bond motifs is 1. The Morgan fingerprint density at radius 1 is 1.00 bits per heavy atom. The largest absolute Gasteiger partial charge is 0.497 e. The summed E-state index contributed by atoms with van der Waals surface area (Å²) in [7, 11) is 1.66. The summed E-state index contributed by atoms with van der Waals surface area (Å²) in [5.74, 6) is 2.66. The number of rotatable bonds is 9. The highest BCUT2D eigenvalue weighted by atomic mass is 32.1. The fourth-order valence-corrected chi connectivity index (χ4v) is 6.02. The van der Waals surface area contributed by atoms with Crippen LogP contribution in [0.2, 0.25) is 0 Å². The second kappa shape index (κ2) is 12.2. The molecule has 0 spiro atoms. The molecule has 10 heteroatoms. The number of nitrogens with one attached hydrogen (secondary N) is 2. The molecule has 2 N–H and O–H groups in total. The second-order valence-electron chi connectivity index (χ2n) is 10.6. The van der Waals surface area contributed by atoms with Gasteiger partial charge >= 0.3 is 0 Å². The van der Waals surface area contributed by atoms with Crippen molar-refractivity contribution in [2.24, 2.45) is 0 Å². The molecule has 9 nitrogen and oxygen atoms in total. The molecule has 0 unspecified atom stereocenters. The summed E-state index contributed by atoms with van der Waals surface area (Å²) < 4.78 is 13.6. The van der Waals surface area contributed by atoms with Gasteiger partial charge in [-0.1, -0.05) is 31.4 Å². The number of amides is 1. The minimum Gasteiger partial charge on any atom is -0.497 e. The molecule has 1 saturated carbocycles. The molecule has 0 atom stereocenters. The van der Waals surface area contributed by atoms with Crippen molar-refractivity contribution < 1.29 is 14.3 Å². The molecule has 1 fully saturated rings. The molecule has 5 aromatic rings. The standard InChI is InChI=1S/C32H34N6O3S/c1-20-21(2)42-32(34-20)36-31(39)23-11-15-26(16-12-23)41-27-17-18-33-30-28(27)29(35-24-7-5-4-6-8-24)37-38(30)19-22-9-13-25(40-3)14-10-22/h9-18,24H,4-8,19H2,1-3H3,(H,35,37)(H,34,36,39). The average Bonchev–Trinajstić information content (AvgIpc) is 3.52. The zero-order valence-electron chi connectivity index (χ0n) is 24.0. The number of benzene rings is 2. The number of nitrogens with zero attached hydrogens (tertiary/aromatic N) is 4. The summed E-state index contributed by atoms with van der Waals surface area (Å²) in [6, 6.07) is 17.3. The van der Waals surface area contributed by atoms with Crippen molar-refractivity contribution in [2.75, 3.05) is 17.7 Å². The predicted octanol–water partition coefficient (Wildman–Crippen LogP) is 7.35. The zero-order valence-corrected chi connectivity index (χ0v) is 24.8. The Kier molecular flexibility index (Phi) is 8.05. The normalized spacial score (nSPS) is 13.7. The molecular weight excluding hydrogens is 548 g/mol. The molecule has 0 saturated heterocycles. The Labute approximate surface area is 248 Å². The smallest absolute Gasteiger partial charge is 0.257 e. The van der Waals surface area contributed by atoms with Gasteiger partial charge in [-0.25, -0.2) is 14.6 Å². The maximum Gasteiger partial charge on any atom is 0.257 e. The minimum atomic E-state index is -0.208. The van der Waals surface area contributed by atoms with Crippen molar-refractivity contribution in [3.63, 3.8) is 0 Å². The van der Waals surface area contributed by atoms with Gasteiger partial charge in [0.15, 0.2) is 16.6 Å². The zero-order chi connectivity index (χ0) is 29.1. The molecule has 216 valence electrons. The lowest BCUT2D eigenvalue weighted by Gasteiger charge is -2.22. The van der Waals surface area contributed by atoms with Crippen LogP contribution in [0.15, 0.2) is 60.8 Å². The van der Waals surface area contributed by atoms with E-state index in [-0.39, 0.29) is 5.91 Å². The molecule has 1 aliphatic rings. The Morgan fingerprint density at radius 2 is 1.74 bits per heavy atom. The van der Waals surface area contributed by atoms with Gasteiger partial charge in [-0.05, 0) is 68.7 Å². The van der Waals surface area contributed by atoms with Crippen LogP contribution < -0.4 is 20.1 Å². The van der Waals surface area contributed by atoms with E-state index in [1.165, 1.54) is 30.6 Å². The van der Waals surface area contributed by atoms with Gasteiger partial charge in [-0.15, -0.1) is 11.3 Å². The molecule has 0 radical (unpaired) electrons. The molecule has 42 heavy (non-hydrogen) atoms. The molecule has 0 aliphatic heterocycles. The maximum atomic E-state index is 12.8. The Morgan fingerprint density at radius 3 is 2.43 bits per heavy atom. The molecule has 2 aromatic carbocycles. The summed E-state index contributed by atoms with van der Waals surface area (Å²) in [5, 5.41) is 13.0. The molecule has 1 aliphatic carbocycles. The number of anilines is 2. The van der Waals surface area contributed by atoms with E-state index < -0.39 is 0 Å². The topological polar surface area (TPSA) is 103 Å². The van der Waals surface area contributed by atoms with Crippen LogP contribution in [0.3, 0.4) is 0 Å². The Balaban J connectivity index is 1.27. The van der Waals surface area contributed by atoms with E-state index in [9.17, 15) is 4.79 Å². The fraction of sp³-hybridized carbons (Fsp3) is 0.312. The van der Waals surface area contributed by atoms with Crippen molar-refractivity contribution in [3.8, 4) is 17.2 Å². The Hall–Kier alpha value is -4.44. The highest BCUT2D eigenvalue weighted by Crippen LogP contribution is 2.36. The molecule has 1 amide bonds. The minimum absolute atomic E-state index is 0.208. The number of ether oxygens (including phenoxy) is 2. The van der Waals surface area contributed by atoms with E-state index in [1.54, 1.807) is 37.6 Å². The van der Waals surface area contributed by atoms with E-state index in [4.69, 9.17) is 19.6 Å². The number of aryl methyl sites for hydroxylation is 2. The summed E-state index contributed by atoms with van der Waals surface area (Å²) in [6.45, 7) is 4.48. The first-order chi connectivity index (χ1) is 20.5. The predicted molar refractivity (Wildman–Crippen MR) is 166 cm³/mol. The van der Waals surface area contributed by atoms with Crippen LogP contribution in [-0.4, -0.2) is 38.8 Å². The van der Waals surface area contributed by atoms with Gasteiger partial charge < -0.3 is 14.8 Å². The van der Waals surface area contributed by atoms with Gasteiger partial charge in [-0.3, -0.25) is 10.1 Å². The lowest BCUT2D eigenvalue weighted by molar-refractivity contribution is 0.102. The number of thiazole rings is 1. The molecular formula is C32H34N6O3S. The number of methoxy groups -OCH3 is 1. The molecule has 3 aromatic heterocycles. The second-order valence-corrected chi connectivity index (χ2v) is 11.8. The van der Waals surface area contributed by atoms with E-state index in [0.29, 0.717) is 34.8 Å². The van der Waals surface area contributed by atoms with Crippen LogP contribution in [0.5, 0.6) is 17.2 Å². The molecule has 6 rings (SSSR count). The van der Waals surface area contributed by atoms with Crippen LogP contribution in [0.4, 0.5) is 10.9 Å². The summed E-state index contributed by atoms with van der Waals surface area (Å²) >= 11 is 1.47. The van der Waals surface area contributed by atoms with Crippen LogP contribution >= 0.6 is 11.3 Å². The third kappa shape index (κ3) is 6.08. The van der Waals surface area contributed by atoms with E-state index in [1.807, 2.05) is 48.9 Å². The lowest BCUT2D eigenvalue weighted by Crippen LogP contribution is -2.22. The number of pyridine rings is 1. The van der Waals surface area contributed by atoms with Crippen molar-refractivity contribution in [1.29, 1.82) is 0 Å². The van der Waals surface area contributed by atoms with E-state index in [0.717, 1.165) is 51.6 Å². The van der Waals surface area contributed by atoms with Gasteiger partial charge in [0.05, 0.1) is 19.3 Å². The summed E-state index contributed by atoms with van der Waals surface area (Å²) in [4.78, 5) is 23.0. The monoisotopic (exact) mass is 582 g/mol. The number of carbonyl (C=O) groups is 1. The van der Waals surface area contributed by atoms with E-state index >= 15 is 0 Å². The lowest BCUT2D eigenvalue weighted by atomic mass is 9.95. The quantitative estimate of drug-likeness (QED) is 0.187. The molecule has 3 heterocycles. The van der Waals surface area contributed by atoms with Gasteiger partial charge in [-0.2, -0.15) is 5.10 Å². The fourth-order valence-electron chi connectivity index (χ4n) is 5.21. The summed E-state index contributed by atoms with van der Waals surface area (Å²) in [6.07, 6.45) is 7.68. The number of hydrogen-bond donors (Lipinski definition) is 2. The first-order valence-electron chi connectivity index (χ1n) is 14.2. The highest BCUT2D eigenvalue weighted by molar-refractivity contribution is 7.15. The van der Waals surface area contributed by atoms with Crippen molar-refractivity contribution in [1.82, 2.24) is 19.7 Å². The van der Waals surface area contributed by atoms with Crippen LogP contribution in [0.25, 0.3) is 11.0 Å². The van der Waals surface area contributed by atoms with Crippen molar-refractivity contribution in [2.45, 2.75) is 58.5 Å². The highest BCUT2D eigenvalue weighted by Gasteiger charge is 2.21. The third-order valence-corrected chi connectivity index (χ3v) is 8.61. The van der Waals surface area contributed by atoms with Crippen LogP contribution in [0.1, 0.15) is 58.6 Å². The third-order valence-electron chi connectivity index (χ3n) is 7.63. The van der Waals surface area contributed by atoms with Crippen molar-refractivity contribution >= 4 is 39.2 Å². The van der Waals surface area contributed by atoms with E-state index in [2.05, 4.69) is 15.6 Å². The maximum absolute atomic E-state index is 12.8. The first kappa shape index (κ1) is 27.7. The van der Waals surface area contributed by atoms with Gasteiger partial charge in [0.1, 0.15) is 22.6 Å². The number of hydrogen-bond acceptors (Lipinski definition) is 8. The molecule has 0 bridgehead atoms.